The van der Waals surface area contributed by atoms with E-state index in [1.165, 1.54) is 25.7 Å². The molecule has 4 nitrogen and oxygen atoms in total. The van der Waals surface area contributed by atoms with Crippen LogP contribution in [0.2, 0.25) is 0 Å². The van der Waals surface area contributed by atoms with Gasteiger partial charge in [0.25, 0.3) is 0 Å². The Labute approximate surface area is 130 Å². The van der Waals surface area contributed by atoms with Crippen molar-refractivity contribution >= 4 is 6.09 Å². The Morgan fingerprint density at radius 3 is 2.33 bits per heavy atom. The molecule has 124 valence electrons. The second kappa shape index (κ2) is 8.62. The van der Waals surface area contributed by atoms with Crippen LogP contribution in [0.5, 0.6) is 0 Å². The number of amides is 1. The predicted molar refractivity (Wildman–Crippen MR) is 85.5 cm³/mol. The average Bonchev–Trinajstić information content (AvgIpc) is 2.41. The number of hydrogen-bond donors (Lipinski definition) is 0. The minimum atomic E-state index is -0.417. The van der Waals surface area contributed by atoms with Crippen molar-refractivity contribution < 1.29 is 14.3 Å². The summed E-state index contributed by atoms with van der Waals surface area (Å²) in [6.07, 6.45) is 7.18. The molecule has 1 fully saturated rings. The van der Waals surface area contributed by atoms with Gasteiger partial charge in [0.15, 0.2) is 0 Å². The summed E-state index contributed by atoms with van der Waals surface area (Å²) in [5.74, 6) is 0.719. The molecule has 1 aliphatic rings. The molecule has 0 unspecified atom stereocenters. The molecule has 0 aromatic carbocycles. The first kappa shape index (κ1) is 18.3. The zero-order chi connectivity index (χ0) is 15.9. The number of rotatable bonds is 6. The first-order valence-corrected chi connectivity index (χ1v) is 8.37. The van der Waals surface area contributed by atoms with E-state index in [1.807, 2.05) is 27.8 Å². The van der Waals surface area contributed by atoms with Gasteiger partial charge < -0.3 is 14.4 Å². The first-order valence-electron chi connectivity index (χ1n) is 8.37. The molecule has 0 aromatic heterocycles. The smallest absolute Gasteiger partial charge is 0.410 e. The lowest BCUT2D eigenvalue weighted by molar-refractivity contribution is 0.0139. The molecule has 4 heteroatoms. The Morgan fingerprint density at radius 1 is 1.19 bits per heavy atom. The summed E-state index contributed by atoms with van der Waals surface area (Å²) in [4.78, 5) is 13.6. The lowest BCUT2D eigenvalue weighted by atomic mass is 9.85. The lowest BCUT2D eigenvalue weighted by Gasteiger charge is -2.30. The molecule has 1 aliphatic carbocycles. The third kappa shape index (κ3) is 7.70. The fourth-order valence-electron chi connectivity index (χ4n) is 2.68. The third-order valence-electron chi connectivity index (χ3n) is 3.93. The highest BCUT2D eigenvalue weighted by Crippen LogP contribution is 2.28. The van der Waals surface area contributed by atoms with E-state index in [9.17, 15) is 4.79 Å². The monoisotopic (exact) mass is 299 g/mol. The lowest BCUT2D eigenvalue weighted by Crippen LogP contribution is -2.35. The molecule has 0 heterocycles. The van der Waals surface area contributed by atoms with Crippen molar-refractivity contribution in [2.24, 2.45) is 5.92 Å². The van der Waals surface area contributed by atoms with E-state index >= 15 is 0 Å². The molecule has 0 saturated heterocycles. The highest BCUT2D eigenvalue weighted by atomic mass is 16.6. The van der Waals surface area contributed by atoms with Crippen molar-refractivity contribution in [3.8, 4) is 0 Å². The van der Waals surface area contributed by atoms with Crippen molar-refractivity contribution in [1.29, 1.82) is 0 Å². The van der Waals surface area contributed by atoms with E-state index in [4.69, 9.17) is 9.47 Å². The molecular formula is C17H33NO3. The molecule has 1 amide bonds. The Kier molecular flexibility index (Phi) is 7.50. The van der Waals surface area contributed by atoms with Gasteiger partial charge in [-0.2, -0.15) is 0 Å². The Bertz CT molecular complexity index is 304. The zero-order valence-corrected chi connectivity index (χ0v) is 14.5. The summed E-state index contributed by atoms with van der Waals surface area (Å²) in [5.41, 5.74) is -0.417. The molecule has 0 spiro atoms. The van der Waals surface area contributed by atoms with Gasteiger partial charge in [0.2, 0.25) is 0 Å². The summed E-state index contributed by atoms with van der Waals surface area (Å²) >= 11 is 0. The van der Waals surface area contributed by atoms with Crippen LogP contribution in [-0.2, 0) is 9.47 Å². The molecule has 0 bridgehead atoms. The fraction of sp³-hybridized carbons (Fsp3) is 0.941. The van der Waals surface area contributed by atoms with Crippen molar-refractivity contribution in [3.63, 3.8) is 0 Å². The van der Waals surface area contributed by atoms with Crippen LogP contribution < -0.4 is 0 Å². The van der Waals surface area contributed by atoms with Crippen LogP contribution >= 0.6 is 0 Å². The topological polar surface area (TPSA) is 38.8 Å². The summed E-state index contributed by atoms with van der Waals surface area (Å²) in [5, 5.41) is 0. The second-order valence-electron chi connectivity index (χ2n) is 7.20. The third-order valence-corrected chi connectivity index (χ3v) is 3.93. The van der Waals surface area contributed by atoms with Crippen LogP contribution in [0.4, 0.5) is 4.79 Å². The number of carbonyl (C=O) groups excluding carboxylic acids is 1. The second-order valence-corrected chi connectivity index (χ2v) is 7.20. The van der Waals surface area contributed by atoms with Gasteiger partial charge in [0, 0.05) is 20.2 Å². The van der Waals surface area contributed by atoms with Crippen LogP contribution in [0.1, 0.15) is 66.2 Å². The maximum absolute atomic E-state index is 11.9. The molecule has 0 radical (unpaired) electrons. The van der Waals surface area contributed by atoms with Crippen molar-refractivity contribution in [2.45, 2.75) is 77.9 Å². The van der Waals surface area contributed by atoms with Gasteiger partial charge in [-0.25, -0.2) is 4.79 Å². The Hall–Kier alpha value is -0.770. The van der Waals surface area contributed by atoms with Gasteiger partial charge in [-0.1, -0.05) is 6.92 Å². The number of carbonyl (C=O) groups is 1. The minimum absolute atomic E-state index is 0.220. The van der Waals surface area contributed by atoms with E-state index in [1.54, 1.807) is 4.90 Å². The highest BCUT2D eigenvalue weighted by Gasteiger charge is 2.23. The molecule has 0 N–H and O–H groups in total. The zero-order valence-electron chi connectivity index (χ0n) is 14.5. The van der Waals surface area contributed by atoms with E-state index in [0.29, 0.717) is 6.10 Å². The predicted octanol–water partition coefficient (Wildman–Crippen LogP) is 4.23. The van der Waals surface area contributed by atoms with Crippen LogP contribution in [0.15, 0.2) is 0 Å². The van der Waals surface area contributed by atoms with E-state index in [0.717, 1.165) is 31.9 Å². The van der Waals surface area contributed by atoms with E-state index in [2.05, 4.69) is 6.92 Å². The van der Waals surface area contributed by atoms with Crippen molar-refractivity contribution in [3.05, 3.63) is 0 Å². The summed E-state index contributed by atoms with van der Waals surface area (Å²) < 4.78 is 11.2. The first-order chi connectivity index (χ1) is 9.81. The molecular weight excluding hydrogens is 266 g/mol. The number of nitrogens with zero attached hydrogens (tertiary/aromatic N) is 1. The summed E-state index contributed by atoms with van der Waals surface area (Å²) in [7, 11) is 1.82. The van der Waals surface area contributed by atoms with E-state index in [-0.39, 0.29) is 6.09 Å². The molecule has 1 rings (SSSR count). The summed E-state index contributed by atoms with van der Waals surface area (Å²) in [6.45, 7) is 9.51. The maximum atomic E-state index is 11.9. The Morgan fingerprint density at radius 2 is 1.81 bits per heavy atom. The van der Waals surface area contributed by atoms with Gasteiger partial charge in [-0.3, -0.25) is 0 Å². The SMILES string of the molecule is CCCOC1CCC(CCN(C)C(=O)OC(C)(C)C)CC1. The number of ether oxygens (including phenoxy) is 2. The van der Waals surface area contributed by atoms with Gasteiger partial charge in [0.1, 0.15) is 5.60 Å². The van der Waals surface area contributed by atoms with E-state index < -0.39 is 5.60 Å². The highest BCUT2D eigenvalue weighted by molar-refractivity contribution is 5.67. The van der Waals surface area contributed by atoms with Crippen molar-refractivity contribution in [1.82, 2.24) is 4.90 Å². The summed E-state index contributed by atoms with van der Waals surface area (Å²) in [6, 6.07) is 0. The van der Waals surface area contributed by atoms with Crippen LogP contribution in [0.3, 0.4) is 0 Å². The molecule has 0 aliphatic heterocycles. The van der Waals surface area contributed by atoms with Gasteiger partial charge >= 0.3 is 6.09 Å². The van der Waals surface area contributed by atoms with Crippen molar-refractivity contribution in [2.75, 3.05) is 20.2 Å². The maximum Gasteiger partial charge on any atom is 0.410 e. The molecule has 21 heavy (non-hydrogen) atoms. The largest absolute Gasteiger partial charge is 0.444 e. The van der Waals surface area contributed by atoms with Crippen LogP contribution in [0, 0.1) is 5.92 Å². The van der Waals surface area contributed by atoms with Crippen LogP contribution in [-0.4, -0.2) is 42.9 Å². The minimum Gasteiger partial charge on any atom is -0.444 e. The molecule has 0 aromatic rings. The molecule has 1 saturated carbocycles. The quantitative estimate of drug-likeness (QED) is 0.736. The average molecular weight is 299 g/mol. The Balaban J connectivity index is 2.20. The van der Waals surface area contributed by atoms with Gasteiger partial charge in [-0.15, -0.1) is 0 Å². The normalized spacial score (nSPS) is 22.9. The number of hydrogen-bond acceptors (Lipinski definition) is 3. The fourth-order valence-corrected chi connectivity index (χ4v) is 2.68. The standard InChI is InChI=1S/C17H33NO3/c1-6-13-20-15-9-7-14(8-10-15)11-12-18(5)16(19)21-17(2,3)4/h14-15H,6-13H2,1-5H3. The van der Waals surface area contributed by atoms with Gasteiger partial charge in [0.05, 0.1) is 6.10 Å². The molecule has 0 atom stereocenters. The van der Waals surface area contributed by atoms with Gasteiger partial charge in [-0.05, 0) is 65.2 Å². The van der Waals surface area contributed by atoms with Crippen LogP contribution in [0.25, 0.3) is 0 Å².